The third kappa shape index (κ3) is 4.89. The smallest absolute Gasteiger partial charge is 0.261 e. The summed E-state index contributed by atoms with van der Waals surface area (Å²) in [6.07, 6.45) is -0.610. The van der Waals surface area contributed by atoms with E-state index in [-0.39, 0.29) is 11.9 Å². The summed E-state index contributed by atoms with van der Waals surface area (Å²) >= 11 is 0. The summed E-state index contributed by atoms with van der Waals surface area (Å²) in [5.74, 6) is 1.88. The highest BCUT2D eigenvalue weighted by molar-refractivity contribution is 5.81. The minimum atomic E-state index is -0.610. The number of amides is 1. The maximum Gasteiger partial charge on any atom is 0.261 e. The average molecular weight is 343 g/mol. The SMILES string of the molecule is COc1ccc(OC)c([C@@H](C)NC(=O)[C@H](C)Oc2cccc(C)c2)c1. The fourth-order valence-electron chi connectivity index (χ4n) is 2.53. The fourth-order valence-corrected chi connectivity index (χ4v) is 2.53. The van der Waals surface area contributed by atoms with Crippen LogP contribution in [-0.2, 0) is 4.79 Å². The van der Waals surface area contributed by atoms with E-state index in [1.54, 1.807) is 21.1 Å². The van der Waals surface area contributed by atoms with Gasteiger partial charge in [0.05, 0.1) is 20.3 Å². The molecule has 5 nitrogen and oxygen atoms in total. The van der Waals surface area contributed by atoms with E-state index in [2.05, 4.69) is 5.32 Å². The van der Waals surface area contributed by atoms with Crippen molar-refractivity contribution in [1.82, 2.24) is 5.32 Å². The van der Waals surface area contributed by atoms with Crippen LogP contribution in [0.4, 0.5) is 0 Å². The summed E-state index contributed by atoms with van der Waals surface area (Å²) in [4.78, 5) is 12.5. The number of carbonyl (C=O) groups excluding carboxylic acids is 1. The molecular formula is C20H25NO4. The van der Waals surface area contributed by atoms with Gasteiger partial charge < -0.3 is 19.5 Å². The van der Waals surface area contributed by atoms with Gasteiger partial charge >= 0.3 is 0 Å². The van der Waals surface area contributed by atoms with E-state index in [1.165, 1.54) is 0 Å². The molecule has 5 heteroatoms. The first-order chi connectivity index (χ1) is 11.9. The van der Waals surface area contributed by atoms with Gasteiger partial charge in [0.2, 0.25) is 0 Å². The largest absolute Gasteiger partial charge is 0.497 e. The van der Waals surface area contributed by atoms with Gasteiger partial charge in [-0.2, -0.15) is 0 Å². The molecule has 0 aliphatic rings. The van der Waals surface area contributed by atoms with Crippen molar-refractivity contribution in [2.24, 2.45) is 0 Å². The van der Waals surface area contributed by atoms with Gasteiger partial charge in [0.25, 0.3) is 5.91 Å². The van der Waals surface area contributed by atoms with Crippen LogP contribution in [0.5, 0.6) is 17.2 Å². The number of carbonyl (C=O) groups is 1. The quantitative estimate of drug-likeness (QED) is 0.834. The van der Waals surface area contributed by atoms with E-state index in [0.29, 0.717) is 17.2 Å². The van der Waals surface area contributed by atoms with Crippen LogP contribution in [0.2, 0.25) is 0 Å². The number of aryl methyl sites for hydroxylation is 1. The van der Waals surface area contributed by atoms with E-state index in [4.69, 9.17) is 14.2 Å². The fraction of sp³-hybridized carbons (Fsp3) is 0.350. The highest BCUT2D eigenvalue weighted by atomic mass is 16.5. The summed E-state index contributed by atoms with van der Waals surface area (Å²) in [5, 5.41) is 2.96. The molecule has 0 bridgehead atoms. The van der Waals surface area contributed by atoms with Crippen molar-refractivity contribution in [3.8, 4) is 17.2 Å². The van der Waals surface area contributed by atoms with Crippen molar-refractivity contribution in [2.45, 2.75) is 32.9 Å². The third-order valence-corrected chi connectivity index (χ3v) is 3.93. The minimum absolute atomic E-state index is 0.195. The van der Waals surface area contributed by atoms with E-state index in [9.17, 15) is 4.79 Å². The van der Waals surface area contributed by atoms with Crippen molar-refractivity contribution < 1.29 is 19.0 Å². The number of hydrogen-bond acceptors (Lipinski definition) is 4. The second-order valence-electron chi connectivity index (χ2n) is 5.91. The molecule has 0 aliphatic heterocycles. The molecule has 25 heavy (non-hydrogen) atoms. The average Bonchev–Trinajstić information content (AvgIpc) is 2.60. The Morgan fingerprint density at radius 2 is 1.76 bits per heavy atom. The lowest BCUT2D eigenvalue weighted by molar-refractivity contribution is -0.127. The molecular weight excluding hydrogens is 318 g/mol. The van der Waals surface area contributed by atoms with Gasteiger partial charge in [-0.1, -0.05) is 12.1 Å². The van der Waals surface area contributed by atoms with Gasteiger partial charge in [0, 0.05) is 5.56 Å². The Kier molecular flexibility index (Phi) is 6.28. The van der Waals surface area contributed by atoms with Gasteiger partial charge in [0.15, 0.2) is 6.10 Å². The van der Waals surface area contributed by atoms with Crippen LogP contribution in [-0.4, -0.2) is 26.2 Å². The minimum Gasteiger partial charge on any atom is -0.497 e. The topological polar surface area (TPSA) is 56.8 Å². The number of hydrogen-bond donors (Lipinski definition) is 1. The first-order valence-corrected chi connectivity index (χ1v) is 8.20. The Hall–Kier alpha value is -2.69. The van der Waals surface area contributed by atoms with Crippen LogP contribution >= 0.6 is 0 Å². The molecule has 0 spiro atoms. The van der Waals surface area contributed by atoms with E-state index in [1.807, 2.05) is 56.3 Å². The summed E-state index contributed by atoms with van der Waals surface area (Å²) in [6.45, 7) is 5.61. The number of rotatable bonds is 7. The monoisotopic (exact) mass is 343 g/mol. The summed E-state index contributed by atoms with van der Waals surface area (Å²) < 4.78 is 16.4. The van der Waals surface area contributed by atoms with Crippen LogP contribution in [0.25, 0.3) is 0 Å². The van der Waals surface area contributed by atoms with Gasteiger partial charge in [-0.15, -0.1) is 0 Å². The van der Waals surface area contributed by atoms with E-state index < -0.39 is 6.10 Å². The maximum atomic E-state index is 12.5. The predicted molar refractivity (Wildman–Crippen MR) is 97.4 cm³/mol. The Bertz CT molecular complexity index is 729. The second kappa shape index (κ2) is 8.42. The molecule has 134 valence electrons. The van der Waals surface area contributed by atoms with Gasteiger partial charge in [-0.05, 0) is 56.7 Å². The third-order valence-electron chi connectivity index (χ3n) is 3.93. The van der Waals surface area contributed by atoms with Crippen LogP contribution in [0.1, 0.15) is 31.0 Å². The Labute approximate surface area is 148 Å². The molecule has 2 atom stereocenters. The van der Waals surface area contributed by atoms with Crippen molar-refractivity contribution in [2.75, 3.05) is 14.2 Å². The van der Waals surface area contributed by atoms with Crippen molar-refractivity contribution in [3.05, 3.63) is 53.6 Å². The molecule has 0 aliphatic carbocycles. The number of methoxy groups -OCH3 is 2. The molecule has 1 N–H and O–H groups in total. The highest BCUT2D eigenvalue weighted by Crippen LogP contribution is 2.29. The zero-order valence-corrected chi connectivity index (χ0v) is 15.3. The number of ether oxygens (including phenoxy) is 3. The molecule has 0 heterocycles. The molecule has 1 amide bonds. The summed E-state index contributed by atoms with van der Waals surface area (Å²) in [5.41, 5.74) is 1.93. The Balaban J connectivity index is 2.06. The van der Waals surface area contributed by atoms with Gasteiger partial charge in [-0.25, -0.2) is 0 Å². The molecule has 0 radical (unpaired) electrons. The zero-order chi connectivity index (χ0) is 18.4. The number of nitrogens with one attached hydrogen (secondary N) is 1. The molecule has 2 aromatic rings. The lowest BCUT2D eigenvalue weighted by atomic mass is 10.1. The normalized spacial score (nSPS) is 12.8. The molecule has 0 saturated heterocycles. The van der Waals surface area contributed by atoms with Crippen LogP contribution < -0.4 is 19.5 Å². The Morgan fingerprint density at radius 1 is 1.00 bits per heavy atom. The van der Waals surface area contributed by atoms with Gasteiger partial charge in [0.1, 0.15) is 17.2 Å². The highest BCUT2D eigenvalue weighted by Gasteiger charge is 2.20. The number of benzene rings is 2. The maximum absolute atomic E-state index is 12.5. The van der Waals surface area contributed by atoms with Crippen LogP contribution in [0.3, 0.4) is 0 Å². The lowest BCUT2D eigenvalue weighted by Gasteiger charge is -2.21. The van der Waals surface area contributed by atoms with Crippen molar-refractivity contribution in [3.63, 3.8) is 0 Å². The molecule has 0 aromatic heterocycles. The summed E-state index contributed by atoms with van der Waals surface area (Å²) in [7, 11) is 3.20. The molecule has 0 unspecified atom stereocenters. The van der Waals surface area contributed by atoms with Crippen molar-refractivity contribution in [1.29, 1.82) is 0 Å². The van der Waals surface area contributed by atoms with Gasteiger partial charge in [-0.3, -0.25) is 4.79 Å². The first-order valence-electron chi connectivity index (χ1n) is 8.20. The van der Waals surface area contributed by atoms with Crippen LogP contribution in [0.15, 0.2) is 42.5 Å². The zero-order valence-electron chi connectivity index (χ0n) is 15.3. The molecule has 2 aromatic carbocycles. The second-order valence-corrected chi connectivity index (χ2v) is 5.91. The summed E-state index contributed by atoms with van der Waals surface area (Å²) in [6, 6.07) is 12.9. The standard InChI is InChI=1S/C20H25NO4/c1-13-7-6-8-17(11-13)25-15(3)20(22)21-14(2)18-12-16(23-4)9-10-19(18)24-5/h6-12,14-15H,1-5H3,(H,21,22)/t14-,15+/m1/s1. The van der Waals surface area contributed by atoms with E-state index in [0.717, 1.165) is 11.1 Å². The molecule has 2 rings (SSSR count). The van der Waals surface area contributed by atoms with E-state index >= 15 is 0 Å². The predicted octanol–water partition coefficient (Wildman–Crippen LogP) is 3.66. The van der Waals surface area contributed by atoms with Crippen LogP contribution in [0, 0.1) is 6.92 Å². The van der Waals surface area contributed by atoms with Crippen molar-refractivity contribution >= 4 is 5.91 Å². The molecule has 0 fully saturated rings. The first kappa shape index (κ1) is 18.6. The molecule has 0 saturated carbocycles. The Morgan fingerprint density at radius 3 is 2.40 bits per heavy atom. The lowest BCUT2D eigenvalue weighted by Crippen LogP contribution is -2.37.